The third kappa shape index (κ3) is 6.98. The van der Waals surface area contributed by atoms with Gasteiger partial charge in [0.2, 0.25) is 0 Å². The normalized spacial score (nSPS) is 16.9. The molecule has 2 fully saturated rings. The van der Waals surface area contributed by atoms with Crippen LogP contribution in [-0.4, -0.2) is 75.6 Å². The van der Waals surface area contributed by atoms with Crippen molar-refractivity contribution < 1.29 is 36.6 Å². The Kier molecular flexibility index (Phi) is 9.49. The zero-order valence-corrected chi connectivity index (χ0v) is 28.7. The molecule has 276 valence electrons. The maximum absolute atomic E-state index is 15.7. The molecule has 5 aromatic rings. The van der Waals surface area contributed by atoms with Crippen molar-refractivity contribution in [2.75, 3.05) is 31.3 Å². The second-order valence-electron chi connectivity index (χ2n) is 13.3. The van der Waals surface area contributed by atoms with E-state index >= 15 is 4.39 Å². The van der Waals surface area contributed by atoms with Crippen molar-refractivity contribution in [1.29, 1.82) is 0 Å². The Hall–Kier alpha value is -5.64. The summed E-state index contributed by atoms with van der Waals surface area (Å²) >= 11 is 0. The van der Waals surface area contributed by atoms with E-state index in [-0.39, 0.29) is 59.9 Å². The maximum atomic E-state index is 15.7. The average Bonchev–Trinajstić information content (AvgIpc) is 3.97. The van der Waals surface area contributed by atoms with E-state index in [1.54, 1.807) is 18.2 Å². The van der Waals surface area contributed by atoms with Crippen molar-refractivity contribution in [2.24, 2.45) is 13.0 Å². The van der Waals surface area contributed by atoms with Crippen LogP contribution in [0.3, 0.4) is 0 Å². The van der Waals surface area contributed by atoms with E-state index in [1.807, 2.05) is 0 Å². The summed E-state index contributed by atoms with van der Waals surface area (Å²) in [5.41, 5.74) is -0.328. The summed E-state index contributed by atoms with van der Waals surface area (Å²) < 4.78 is 69.8. The smallest absolute Gasteiger partial charge is 0.411 e. The molecule has 0 spiro atoms. The summed E-state index contributed by atoms with van der Waals surface area (Å²) in [6.45, 7) is 0.803. The molecule has 7 rings (SSSR count). The van der Waals surface area contributed by atoms with Crippen LogP contribution in [0.25, 0.3) is 27.5 Å². The number of aromatic nitrogens is 4. The number of benzene rings is 2. The van der Waals surface area contributed by atoms with E-state index in [0.717, 1.165) is 28.4 Å². The highest BCUT2D eigenvalue weighted by molar-refractivity contribution is 5.99. The number of aryl methyl sites for hydroxylation is 2. The number of pyridine rings is 2. The molecule has 53 heavy (non-hydrogen) atoms. The average molecular weight is 735 g/mol. The van der Waals surface area contributed by atoms with Gasteiger partial charge in [0.25, 0.3) is 11.5 Å². The number of alkyl halides is 3. The lowest BCUT2D eigenvalue weighted by Crippen LogP contribution is -2.53. The van der Waals surface area contributed by atoms with Gasteiger partial charge < -0.3 is 19.7 Å². The number of rotatable bonds is 9. The molecule has 1 amide bonds. The quantitative estimate of drug-likeness (QED) is 0.175. The molecule has 2 atom stereocenters. The highest BCUT2D eigenvalue weighted by Gasteiger charge is 2.45. The number of hydrogen-bond acceptors (Lipinski definition) is 9. The van der Waals surface area contributed by atoms with Crippen LogP contribution < -0.4 is 21.5 Å². The Morgan fingerprint density at radius 3 is 2.62 bits per heavy atom. The summed E-state index contributed by atoms with van der Waals surface area (Å²) in [4.78, 5) is 63.8. The van der Waals surface area contributed by atoms with E-state index in [9.17, 15) is 32.3 Å². The lowest BCUT2D eigenvalue weighted by atomic mass is 9.99. The Labute approximate surface area is 299 Å². The summed E-state index contributed by atoms with van der Waals surface area (Å²) in [5, 5.41) is 3.33. The van der Waals surface area contributed by atoms with Gasteiger partial charge >= 0.3 is 17.8 Å². The van der Waals surface area contributed by atoms with Gasteiger partial charge in [0.1, 0.15) is 17.9 Å². The lowest BCUT2D eigenvalue weighted by molar-refractivity contribution is -0.167. The van der Waals surface area contributed by atoms with Gasteiger partial charge in [-0.25, -0.2) is 18.5 Å². The van der Waals surface area contributed by atoms with Crippen molar-refractivity contribution in [1.82, 2.24) is 24.4 Å². The Morgan fingerprint density at radius 2 is 1.89 bits per heavy atom. The maximum Gasteiger partial charge on any atom is 0.411 e. The molecule has 4 heterocycles. The number of morpholine rings is 1. The van der Waals surface area contributed by atoms with Crippen molar-refractivity contribution in [2.45, 2.75) is 44.4 Å². The van der Waals surface area contributed by atoms with Gasteiger partial charge in [0.15, 0.2) is 0 Å². The molecule has 1 N–H and O–H groups in total. The van der Waals surface area contributed by atoms with Gasteiger partial charge in [0.05, 0.1) is 53.7 Å². The monoisotopic (exact) mass is 734 g/mol. The van der Waals surface area contributed by atoms with Gasteiger partial charge in [0, 0.05) is 43.5 Å². The largest absolute Gasteiger partial charge is 0.464 e. The molecule has 12 nitrogen and oxygen atoms in total. The van der Waals surface area contributed by atoms with Crippen LogP contribution in [0.5, 0.6) is 0 Å². The number of carbonyl (C=O) groups excluding carboxylic acids is 2. The highest BCUT2D eigenvalue weighted by Crippen LogP contribution is 2.33. The summed E-state index contributed by atoms with van der Waals surface area (Å²) in [5.74, 6) is -2.59. The molecule has 1 aliphatic carbocycles. The summed E-state index contributed by atoms with van der Waals surface area (Å²) in [6, 6.07) is 6.83. The fourth-order valence-corrected chi connectivity index (χ4v) is 6.67. The SMILES string of the molecule is Cc1cc(N2CCOC[C@@H]2C(F)(F)F)cc(F)c1C(=O)N[C@@H](Cc1ccc(-n2c(=O)c3ccncc3n(C)c2=O)c2ncccc12)C(=O)OCC1CC1. The van der Waals surface area contributed by atoms with Crippen LogP contribution in [-0.2, 0) is 27.7 Å². The highest BCUT2D eigenvalue weighted by atomic mass is 19.4. The van der Waals surface area contributed by atoms with Gasteiger partial charge in [-0.3, -0.25) is 24.1 Å². The van der Waals surface area contributed by atoms with Crippen LogP contribution in [0.1, 0.15) is 34.3 Å². The molecule has 0 radical (unpaired) electrons. The molecule has 2 aliphatic rings. The number of amides is 1. The number of hydrogen-bond donors (Lipinski definition) is 1. The number of halogens is 4. The molecule has 1 aliphatic heterocycles. The molecule has 1 saturated heterocycles. The van der Waals surface area contributed by atoms with E-state index in [1.165, 1.54) is 55.3 Å². The van der Waals surface area contributed by atoms with Gasteiger partial charge in [-0.2, -0.15) is 13.2 Å². The first kappa shape index (κ1) is 35.7. The Morgan fingerprint density at radius 1 is 1.09 bits per heavy atom. The topological polar surface area (TPSA) is 138 Å². The zero-order chi connectivity index (χ0) is 37.6. The van der Waals surface area contributed by atoms with Crippen molar-refractivity contribution in [3.05, 3.63) is 104 Å². The minimum absolute atomic E-state index is 0.0126. The van der Waals surface area contributed by atoms with E-state index in [2.05, 4.69) is 15.3 Å². The zero-order valence-electron chi connectivity index (χ0n) is 28.7. The Balaban J connectivity index is 1.23. The number of carbonyl (C=O) groups is 2. The van der Waals surface area contributed by atoms with Crippen LogP contribution in [0, 0.1) is 18.7 Å². The van der Waals surface area contributed by atoms with Crippen LogP contribution in [0.4, 0.5) is 23.2 Å². The second kappa shape index (κ2) is 14.1. The van der Waals surface area contributed by atoms with Gasteiger partial charge in [-0.05, 0) is 67.1 Å². The molecule has 16 heteroatoms. The van der Waals surface area contributed by atoms with Crippen molar-refractivity contribution >= 4 is 39.4 Å². The minimum Gasteiger partial charge on any atom is -0.464 e. The number of ether oxygens (including phenoxy) is 2. The number of anilines is 1. The van der Waals surface area contributed by atoms with Crippen molar-refractivity contribution in [3.8, 4) is 5.69 Å². The number of nitrogens with one attached hydrogen (secondary N) is 1. The number of esters is 1. The second-order valence-corrected chi connectivity index (χ2v) is 13.3. The molecule has 0 unspecified atom stereocenters. The number of fused-ring (bicyclic) bond motifs is 2. The Bertz CT molecular complexity index is 2350. The third-order valence-electron chi connectivity index (χ3n) is 9.66. The fraction of sp³-hybridized carbons (Fsp3) is 0.351. The molecular formula is C37H34F4N6O6. The fourth-order valence-electron chi connectivity index (χ4n) is 6.67. The molecular weight excluding hydrogens is 700 g/mol. The standard InChI is InChI=1S/C37H34F4N6O6/c1-20-14-23(46-12-13-52-19-30(46)37(39,40)41)16-26(38)31(20)33(48)44-27(35(50)53-18-21-5-6-21)15-22-7-8-28(32-24(22)4-3-10-43-32)47-34(49)25-9-11-42-17-29(25)45(2)36(47)51/h3-4,7-11,14,16-17,21,27,30H,5-6,12-13,15,18-19H2,1-2H3,(H,44,48)/t27-,30+/m0/s1. The predicted molar refractivity (Wildman–Crippen MR) is 186 cm³/mol. The predicted octanol–water partition coefficient (Wildman–Crippen LogP) is 4.14. The van der Waals surface area contributed by atoms with Crippen molar-refractivity contribution in [3.63, 3.8) is 0 Å². The third-order valence-corrected chi connectivity index (χ3v) is 9.66. The molecule has 0 bridgehead atoms. The minimum atomic E-state index is -4.63. The van der Waals surface area contributed by atoms with Crippen LogP contribution >= 0.6 is 0 Å². The molecule has 2 aromatic carbocycles. The summed E-state index contributed by atoms with van der Waals surface area (Å²) in [7, 11) is 1.52. The first-order valence-corrected chi connectivity index (χ1v) is 16.9. The summed E-state index contributed by atoms with van der Waals surface area (Å²) in [6.07, 6.45) is 1.36. The lowest BCUT2D eigenvalue weighted by Gasteiger charge is -2.38. The van der Waals surface area contributed by atoms with E-state index in [0.29, 0.717) is 16.5 Å². The van der Waals surface area contributed by atoms with Crippen LogP contribution in [0.2, 0.25) is 0 Å². The van der Waals surface area contributed by atoms with E-state index in [4.69, 9.17) is 9.47 Å². The molecule has 1 saturated carbocycles. The first-order valence-electron chi connectivity index (χ1n) is 16.9. The molecule has 3 aromatic heterocycles. The number of nitrogens with zero attached hydrogens (tertiary/aromatic N) is 5. The van der Waals surface area contributed by atoms with Gasteiger partial charge in [-0.15, -0.1) is 0 Å². The first-order chi connectivity index (χ1) is 25.3. The van der Waals surface area contributed by atoms with Crippen LogP contribution in [0.15, 0.2) is 70.6 Å². The van der Waals surface area contributed by atoms with Gasteiger partial charge in [-0.1, -0.05) is 12.1 Å². The van der Waals surface area contributed by atoms with E-state index < -0.39 is 59.4 Å².